The Bertz CT molecular complexity index is 212. The van der Waals surface area contributed by atoms with Gasteiger partial charge in [-0.15, -0.1) is 0 Å². The van der Waals surface area contributed by atoms with Crippen LogP contribution >= 0.6 is 0 Å². The standard InChI is InChI=1S/C11H21NO3/c1-9(2)7-14-5-6-15-10(13)11(8-12)3-4-11/h9H,3-8,12H2,1-2H3. The molecule has 0 aliphatic heterocycles. The molecule has 1 rings (SSSR count). The predicted octanol–water partition coefficient (Wildman–Crippen LogP) is 0.941. The summed E-state index contributed by atoms with van der Waals surface area (Å²) in [6.45, 7) is 6.09. The minimum absolute atomic E-state index is 0.154. The number of ether oxygens (including phenoxy) is 2. The molecule has 1 fully saturated rings. The van der Waals surface area contributed by atoms with Crippen molar-refractivity contribution in [3.63, 3.8) is 0 Å². The molecule has 0 unspecified atom stereocenters. The molecular weight excluding hydrogens is 194 g/mol. The van der Waals surface area contributed by atoms with Crippen molar-refractivity contribution in [3.05, 3.63) is 0 Å². The molecule has 0 saturated heterocycles. The molecule has 0 spiro atoms. The second-order valence-corrected chi connectivity index (χ2v) is 4.59. The van der Waals surface area contributed by atoms with Crippen LogP contribution in [0.4, 0.5) is 0 Å². The van der Waals surface area contributed by atoms with Gasteiger partial charge in [0.2, 0.25) is 0 Å². The van der Waals surface area contributed by atoms with Gasteiger partial charge in [-0.2, -0.15) is 0 Å². The van der Waals surface area contributed by atoms with E-state index < -0.39 is 0 Å². The summed E-state index contributed by atoms with van der Waals surface area (Å²) in [6, 6.07) is 0. The van der Waals surface area contributed by atoms with Gasteiger partial charge in [0, 0.05) is 13.2 Å². The van der Waals surface area contributed by atoms with Crippen molar-refractivity contribution < 1.29 is 14.3 Å². The fraction of sp³-hybridized carbons (Fsp3) is 0.909. The summed E-state index contributed by atoms with van der Waals surface area (Å²) in [5.74, 6) is 0.359. The third-order valence-electron chi connectivity index (χ3n) is 2.59. The fourth-order valence-electron chi connectivity index (χ4n) is 1.31. The minimum atomic E-state index is -0.349. The number of rotatable bonds is 7. The van der Waals surface area contributed by atoms with Crippen LogP contribution in [0.25, 0.3) is 0 Å². The molecule has 0 atom stereocenters. The van der Waals surface area contributed by atoms with Gasteiger partial charge in [0.05, 0.1) is 12.0 Å². The highest BCUT2D eigenvalue weighted by Gasteiger charge is 2.50. The van der Waals surface area contributed by atoms with Crippen LogP contribution in [0.2, 0.25) is 0 Å². The van der Waals surface area contributed by atoms with Gasteiger partial charge in [0.15, 0.2) is 0 Å². The summed E-state index contributed by atoms with van der Waals surface area (Å²) in [4.78, 5) is 11.5. The monoisotopic (exact) mass is 215 g/mol. The zero-order chi connectivity index (χ0) is 11.3. The Morgan fingerprint density at radius 1 is 1.40 bits per heavy atom. The minimum Gasteiger partial charge on any atom is -0.463 e. The average molecular weight is 215 g/mol. The van der Waals surface area contributed by atoms with Gasteiger partial charge in [-0.05, 0) is 18.8 Å². The van der Waals surface area contributed by atoms with Crippen LogP contribution in [-0.2, 0) is 14.3 Å². The zero-order valence-corrected chi connectivity index (χ0v) is 9.62. The molecule has 15 heavy (non-hydrogen) atoms. The van der Waals surface area contributed by atoms with Crippen LogP contribution in [0.15, 0.2) is 0 Å². The van der Waals surface area contributed by atoms with E-state index in [-0.39, 0.29) is 11.4 Å². The van der Waals surface area contributed by atoms with Crippen LogP contribution in [-0.4, -0.2) is 32.3 Å². The fourth-order valence-corrected chi connectivity index (χ4v) is 1.31. The largest absolute Gasteiger partial charge is 0.463 e. The van der Waals surface area contributed by atoms with E-state index in [1.807, 2.05) is 0 Å². The summed E-state index contributed by atoms with van der Waals surface area (Å²) in [5.41, 5.74) is 5.16. The quantitative estimate of drug-likeness (QED) is 0.507. The molecule has 0 aromatic heterocycles. The molecule has 88 valence electrons. The summed E-state index contributed by atoms with van der Waals surface area (Å²) in [7, 11) is 0. The SMILES string of the molecule is CC(C)COCCOC(=O)C1(CN)CC1. The Morgan fingerprint density at radius 2 is 2.07 bits per heavy atom. The highest BCUT2D eigenvalue weighted by Crippen LogP contribution is 2.45. The Balaban J connectivity index is 2.03. The van der Waals surface area contributed by atoms with Crippen molar-refractivity contribution in [3.8, 4) is 0 Å². The molecule has 0 bridgehead atoms. The van der Waals surface area contributed by atoms with Gasteiger partial charge in [-0.1, -0.05) is 13.8 Å². The smallest absolute Gasteiger partial charge is 0.313 e. The van der Waals surface area contributed by atoms with E-state index in [2.05, 4.69) is 13.8 Å². The first-order valence-corrected chi connectivity index (χ1v) is 5.56. The summed E-state index contributed by atoms with van der Waals surface area (Å²) in [5, 5.41) is 0. The van der Waals surface area contributed by atoms with Crippen molar-refractivity contribution in [2.45, 2.75) is 26.7 Å². The van der Waals surface area contributed by atoms with E-state index in [0.29, 0.717) is 32.3 Å². The molecule has 1 aliphatic rings. The van der Waals surface area contributed by atoms with E-state index in [9.17, 15) is 4.79 Å². The van der Waals surface area contributed by atoms with E-state index >= 15 is 0 Å². The normalized spacial score (nSPS) is 17.9. The van der Waals surface area contributed by atoms with Crippen LogP contribution in [0.5, 0.6) is 0 Å². The van der Waals surface area contributed by atoms with Crippen LogP contribution in [0.1, 0.15) is 26.7 Å². The number of carbonyl (C=O) groups is 1. The lowest BCUT2D eigenvalue weighted by Gasteiger charge is -2.12. The topological polar surface area (TPSA) is 61.5 Å². The second kappa shape index (κ2) is 5.47. The Hall–Kier alpha value is -0.610. The molecule has 4 heteroatoms. The Kier molecular flexibility index (Phi) is 4.54. The highest BCUT2D eigenvalue weighted by molar-refractivity contribution is 5.80. The van der Waals surface area contributed by atoms with E-state index in [0.717, 1.165) is 12.8 Å². The molecule has 0 amide bonds. The molecule has 0 aromatic carbocycles. The summed E-state index contributed by atoms with van der Waals surface area (Å²) >= 11 is 0. The molecule has 2 N–H and O–H groups in total. The molecule has 0 aromatic rings. The first-order chi connectivity index (χ1) is 7.10. The Morgan fingerprint density at radius 3 is 2.53 bits per heavy atom. The molecule has 1 saturated carbocycles. The van der Waals surface area contributed by atoms with Gasteiger partial charge < -0.3 is 15.2 Å². The first kappa shape index (κ1) is 12.5. The molecule has 0 heterocycles. The number of nitrogens with two attached hydrogens (primary N) is 1. The van der Waals surface area contributed by atoms with Crippen molar-refractivity contribution >= 4 is 5.97 Å². The predicted molar refractivity (Wildman–Crippen MR) is 57.3 cm³/mol. The van der Waals surface area contributed by atoms with Gasteiger partial charge in [0.25, 0.3) is 0 Å². The molecule has 1 aliphatic carbocycles. The molecule has 0 radical (unpaired) electrons. The Labute approximate surface area is 91.1 Å². The summed E-state index contributed by atoms with van der Waals surface area (Å²) in [6.07, 6.45) is 1.74. The van der Waals surface area contributed by atoms with E-state index in [1.54, 1.807) is 0 Å². The van der Waals surface area contributed by atoms with Gasteiger partial charge in [0.1, 0.15) is 6.61 Å². The summed E-state index contributed by atoms with van der Waals surface area (Å²) < 4.78 is 10.4. The van der Waals surface area contributed by atoms with Crippen molar-refractivity contribution in [2.24, 2.45) is 17.1 Å². The van der Waals surface area contributed by atoms with Crippen LogP contribution in [0, 0.1) is 11.3 Å². The lowest BCUT2D eigenvalue weighted by Crippen LogP contribution is -2.28. The number of carbonyl (C=O) groups excluding carboxylic acids is 1. The number of hydrogen-bond acceptors (Lipinski definition) is 4. The van der Waals surface area contributed by atoms with Crippen LogP contribution < -0.4 is 5.73 Å². The third-order valence-corrected chi connectivity index (χ3v) is 2.59. The lowest BCUT2D eigenvalue weighted by molar-refractivity contribution is -0.151. The maximum atomic E-state index is 11.5. The second-order valence-electron chi connectivity index (χ2n) is 4.59. The van der Waals surface area contributed by atoms with Gasteiger partial charge >= 0.3 is 5.97 Å². The average Bonchev–Trinajstić information content (AvgIpc) is 2.97. The van der Waals surface area contributed by atoms with Crippen molar-refractivity contribution in [1.82, 2.24) is 0 Å². The number of esters is 1. The highest BCUT2D eigenvalue weighted by atomic mass is 16.6. The zero-order valence-electron chi connectivity index (χ0n) is 9.62. The third kappa shape index (κ3) is 3.80. The van der Waals surface area contributed by atoms with Gasteiger partial charge in [-0.3, -0.25) is 4.79 Å². The van der Waals surface area contributed by atoms with E-state index in [4.69, 9.17) is 15.2 Å². The molecular formula is C11H21NO3. The first-order valence-electron chi connectivity index (χ1n) is 5.56. The van der Waals surface area contributed by atoms with Gasteiger partial charge in [-0.25, -0.2) is 0 Å². The van der Waals surface area contributed by atoms with Crippen LogP contribution in [0.3, 0.4) is 0 Å². The maximum Gasteiger partial charge on any atom is 0.313 e. The van der Waals surface area contributed by atoms with Crippen molar-refractivity contribution in [2.75, 3.05) is 26.4 Å². The molecule has 4 nitrogen and oxygen atoms in total. The van der Waals surface area contributed by atoms with E-state index in [1.165, 1.54) is 0 Å². The number of hydrogen-bond donors (Lipinski definition) is 1. The van der Waals surface area contributed by atoms with Crippen molar-refractivity contribution in [1.29, 1.82) is 0 Å². The lowest BCUT2D eigenvalue weighted by atomic mass is 10.1. The maximum absolute atomic E-state index is 11.5.